The van der Waals surface area contributed by atoms with Gasteiger partial charge in [-0.15, -0.1) is 0 Å². The average molecular weight is 354 g/mol. The predicted molar refractivity (Wildman–Crippen MR) is 98.4 cm³/mol. The van der Waals surface area contributed by atoms with Crippen molar-refractivity contribution in [1.82, 2.24) is 20.3 Å². The Morgan fingerprint density at radius 3 is 2.65 bits per heavy atom. The zero-order valence-electron chi connectivity index (χ0n) is 14.8. The lowest BCUT2D eigenvalue weighted by Crippen LogP contribution is -2.46. The van der Waals surface area contributed by atoms with E-state index in [1.807, 2.05) is 24.2 Å². The van der Waals surface area contributed by atoms with Crippen LogP contribution in [0.5, 0.6) is 0 Å². The second kappa shape index (κ2) is 7.05. The van der Waals surface area contributed by atoms with E-state index in [-0.39, 0.29) is 23.8 Å². The molecule has 2 aliphatic heterocycles. The topological polar surface area (TPSA) is 49.3 Å². The lowest BCUT2D eigenvalue weighted by atomic mass is 9.98. The van der Waals surface area contributed by atoms with Crippen molar-refractivity contribution in [3.8, 4) is 0 Å². The van der Waals surface area contributed by atoms with Gasteiger partial charge >= 0.3 is 0 Å². The van der Waals surface area contributed by atoms with E-state index in [2.05, 4.69) is 27.6 Å². The molecule has 1 aromatic carbocycles. The number of carbonyl (C=O) groups is 1. The van der Waals surface area contributed by atoms with Crippen LogP contribution in [0.1, 0.15) is 30.1 Å². The Morgan fingerprint density at radius 1 is 1.19 bits per heavy atom. The number of amides is 1. The van der Waals surface area contributed by atoms with Gasteiger partial charge in [-0.05, 0) is 48.2 Å². The summed E-state index contributed by atoms with van der Waals surface area (Å²) in [5, 5.41) is 0. The molecular formula is C20H23FN4O. The minimum Gasteiger partial charge on any atom is -0.353 e. The Balaban J connectivity index is 1.38. The molecule has 5 nitrogen and oxygen atoms in total. The molecular weight excluding hydrogens is 331 g/mol. The number of aryl methyl sites for hydroxylation is 1. The predicted octanol–water partition coefficient (Wildman–Crippen LogP) is 2.39. The molecule has 0 aliphatic carbocycles. The third kappa shape index (κ3) is 3.30. The summed E-state index contributed by atoms with van der Waals surface area (Å²) in [7, 11) is 2.01. The van der Waals surface area contributed by atoms with Crippen molar-refractivity contribution in [2.24, 2.45) is 7.05 Å². The van der Waals surface area contributed by atoms with Crippen LogP contribution >= 0.6 is 0 Å². The van der Waals surface area contributed by atoms with Crippen LogP contribution in [0, 0.1) is 5.82 Å². The van der Waals surface area contributed by atoms with Gasteiger partial charge in [-0.25, -0.2) is 15.2 Å². The van der Waals surface area contributed by atoms with Gasteiger partial charge in [-0.3, -0.25) is 4.79 Å². The lowest BCUT2D eigenvalue weighted by Gasteiger charge is -2.28. The van der Waals surface area contributed by atoms with Crippen molar-refractivity contribution in [2.75, 3.05) is 13.1 Å². The van der Waals surface area contributed by atoms with E-state index in [9.17, 15) is 9.18 Å². The number of hydrogen-bond acceptors (Lipinski definition) is 3. The maximum atomic E-state index is 13.1. The number of aromatic nitrogens is 1. The number of nitrogens with zero attached hydrogens (tertiary/aromatic N) is 2. The molecule has 136 valence electrons. The molecule has 6 heteroatoms. The molecule has 0 spiro atoms. The molecule has 4 rings (SSSR count). The molecule has 2 N–H and O–H groups in total. The fourth-order valence-corrected chi connectivity index (χ4v) is 3.76. The van der Waals surface area contributed by atoms with E-state index in [4.69, 9.17) is 0 Å². The molecule has 1 fully saturated rings. The molecule has 3 heterocycles. The Labute approximate surface area is 152 Å². The van der Waals surface area contributed by atoms with Crippen molar-refractivity contribution < 1.29 is 9.18 Å². The first-order valence-electron chi connectivity index (χ1n) is 8.98. The minimum absolute atomic E-state index is 0.128. The van der Waals surface area contributed by atoms with Crippen LogP contribution < -0.4 is 10.9 Å². The van der Waals surface area contributed by atoms with Crippen molar-refractivity contribution in [2.45, 2.75) is 24.9 Å². The smallest absolute Gasteiger partial charge is 0.241 e. The molecule has 26 heavy (non-hydrogen) atoms. The number of carbonyl (C=O) groups excluding carboxylic acids is 1. The Hall–Kier alpha value is -2.44. The summed E-state index contributed by atoms with van der Waals surface area (Å²) >= 11 is 0. The maximum absolute atomic E-state index is 13.1. The first-order valence-corrected chi connectivity index (χ1v) is 8.98. The van der Waals surface area contributed by atoms with Gasteiger partial charge in [-0.1, -0.05) is 18.2 Å². The van der Waals surface area contributed by atoms with Gasteiger partial charge in [0, 0.05) is 32.0 Å². The maximum Gasteiger partial charge on any atom is 0.241 e. The van der Waals surface area contributed by atoms with Gasteiger partial charge in [0.2, 0.25) is 5.91 Å². The second-order valence-electron chi connectivity index (χ2n) is 6.94. The Kier molecular flexibility index (Phi) is 4.61. The van der Waals surface area contributed by atoms with Crippen molar-refractivity contribution in [3.63, 3.8) is 0 Å². The molecule has 0 saturated carbocycles. The quantitative estimate of drug-likeness (QED) is 0.890. The van der Waals surface area contributed by atoms with Crippen LogP contribution in [-0.2, 0) is 11.8 Å². The largest absolute Gasteiger partial charge is 0.353 e. The Bertz CT molecular complexity index is 827. The van der Waals surface area contributed by atoms with Crippen LogP contribution in [0.2, 0.25) is 0 Å². The SMILES string of the molecule is Cn1cccc1C1CC(C(=O)N2CC=C(c3ccc(F)cc3)CC2)NN1. The van der Waals surface area contributed by atoms with E-state index in [0.29, 0.717) is 13.1 Å². The summed E-state index contributed by atoms with van der Waals surface area (Å²) < 4.78 is 15.1. The minimum atomic E-state index is -0.227. The summed E-state index contributed by atoms with van der Waals surface area (Å²) in [6, 6.07) is 10.6. The van der Waals surface area contributed by atoms with Gasteiger partial charge in [0.1, 0.15) is 11.9 Å². The van der Waals surface area contributed by atoms with E-state index in [0.717, 1.165) is 18.4 Å². The van der Waals surface area contributed by atoms with E-state index in [1.54, 1.807) is 12.1 Å². The summed E-state index contributed by atoms with van der Waals surface area (Å²) in [6.45, 7) is 1.29. The number of hydrogen-bond donors (Lipinski definition) is 2. The van der Waals surface area contributed by atoms with Gasteiger partial charge in [0.25, 0.3) is 0 Å². The number of hydrazine groups is 1. The Morgan fingerprint density at radius 2 is 2.00 bits per heavy atom. The van der Waals surface area contributed by atoms with E-state index in [1.165, 1.54) is 23.4 Å². The molecule has 2 unspecified atom stereocenters. The third-order valence-corrected chi connectivity index (χ3v) is 5.28. The number of rotatable bonds is 3. The summed E-state index contributed by atoms with van der Waals surface area (Å²) in [6.07, 6.45) is 5.62. The molecule has 2 aromatic rings. The molecule has 2 atom stereocenters. The van der Waals surface area contributed by atoms with Gasteiger partial charge in [0.05, 0.1) is 6.04 Å². The van der Waals surface area contributed by atoms with Gasteiger partial charge in [0.15, 0.2) is 0 Å². The highest BCUT2D eigenvalue weighted by molar-refractivity contribution is 5.83. The van der Waals surface area contributed by atoms with Crippen LogP contribution in [-0.4, -0.2) is 34.5 Å². The average Bonchev–Trinajstić information content (AvgIpc) is 3.31. The van der Waals surface area contributed by atoms with E-state index < -0.39 is 0 Å². The molecule has 1 aromatic heterocycles. The van der Waals surface area contributed by atoms with Crippen LogP contribution in [0.15, 0.2) is 48.7 Å². The number of nitrogens with one attached hydrogen (secondary N) is 2. The molecule has 1 saturated heterocycles. The highest BCUT2D eigenvalue weighted by Crippen LogP contribution is 2.26. The normalized spacial score (nSPS) is 23.2. The fourth-order valence-electron chi connectivity index (χ4n) is 3.76. The zero-order valence-corrected chi connectivity index (χ0v) is 14.8. The van der Waals surface area contributed by atoms with Crippen molar-refractivity contribution >= 4 is 11.5 Å². The molecule has 0 radical (unpaired) electrons. The summed E-state index contributed by atoms with van der Waals surface area (Å²) in [4.78, 5) is 14.7. The first-order chi connectivity index (χ1) is 12.6. The van der Waals surface area contributed by atoms with Gasteiger partial charge < -0.3 is 9.47 Å². The standard InChI is InChI=1S/C20H23FN4O/c1-24-10-2-3-19(24)17-13-18(23-22-17)20(26)25-11-8-15(9-12-25)14-4-6-16(21)7-5-14/h2-8,10,17-18,22-23H,9,11-13H2,1H3. The highest BCUT2D eigenvalue weighted by atomic mass is 19.1. The van der Waals surface area contributed by atoms with Crippen LogP contribution in [0.4, 0.5) is 4.39 Å². The first kappa shape index (κ1) is 17.0. The van der Waals surface area contributed by atoms with E-state index >= 15 is 0 Å². The monoisotopic (exact) mass is 354 g/mol. The molecule has 1 amide bonds. The van der Waals surface area contributed by atoms with Crippen LogP contribution in [0.25, 0.3) is 5.57 Å². The van der Waals surface area contributed by atoms with Gasteiger partial charge in [-0.2, -0.15) is 0 Å². The third-order valence-electron chi connectivity index (χ3n) is 5.28. The van der Waals surface area contributed by atoms with Crippen LogP contribution in [0.3, 0.4) is 0 Å². The molecule has 2 aliphatic rings. The zero-order chi connectivity index (χ0) is 18.1. The highest BCUT2D eigenvalue weighted by Gasteiger charge is 2.34. The lowest BCUT2D eigenvalue weighted by molar-refractivity contribution is -0.132. The molecule has 0 bridgehead atoms. The van der Waals surface area contributed by atoms with Crippen molar-refractivity contribution in [1.29, 1.82) is 0 Å². The van der Waals surface area contributed by atoms with Crippen molar-refractivity contribution in [3.05, 3.63) is 65.7 Å². The summed E-state index contributed by atoms with van der Waals surface area (Å²) in [5.74, 6) is -0.0989. The number of benzene rings is 1. The second-order valence-corrected chi connectivity index (χ2v) is 6.94. The summed E-state index contributed by atoms with van der Waals surface area (Å²) in [5.41, 5.74) is 9.77. The number of halogens is 1. The fraction of sp³-hybridized carbons (Fsp3) is 0.350.